The molecule has 1 spiro atoms. The Labute approximate surface area is 195 Å². The zero-order valence-corrected chi connectivity index (χ0v) is 19.9. The fraction of sp³-hybridized carbons (Fsp3) is 0.550. The van der Waals surface area contributed by atoms with Crippen LogP contribution >= 0.6 is 11.6 Å². The molecule has 0 bridgehead atoms. The Morgan fingerprint density at radius 3 is 2.25 bits per heavy atom. The number of amides is 2. The number of ether oxygens (including phenoxy) is 1. The average Bonchev–Trinajstić information content (AvgIpc) is 2.93. The number of carbonyl (C=O) groups excluding carboxylic acids is 3. The summed E-state index contributed by atoms with van der Waals surface area (Å²) in [6, 6.07) is 0. The van der Waals surface area contributed by atoms with Crippen LogP contribution in [0.25, 0.3) is 0 Å². The fourth-order valence-corrected chi connectivity index (χ4v) is 3.65. The summed E-state index contributed by atoms with van der Waals surface area (Å²) in [5.41, 5.74) is 2.51. The van der Waals surface area contributed by atoms with Gasteiger partial charge in [0.25, 0.3) is 0 Å². The van der Waals surface area contributed by atoms with E-state index in [2.05, 4.69) is 24.5 Å². The van der Waals surface area contributed by atoms with Gasteiger partial charge in [0.2, 0.25) is 11.8 Å². The van der Waals surface area contributed by atoms with Crippen molar-refractivity contribution < 1.29 is 48.7 Å². The summed E-state index contributed by atoms with van der Waals surface area (Å²) in [5.74, 6) is 0.680. The van der Waals surface area contributed by atoms with Crippen molar-refractivity contribution in [3.8, 4) is 0 Å². The number of piperidine rings is 2. The summed E-state index contributed by atoms with van der Waals surface area (Å²) in [6.07, 6.45) is 4.65. The van der Waals surface area contributed by atoms with Crippen molar-refractivity contribution >= 4 is 29.7 Å². The molecule has 0 aromatic carbocycles. The number of aldehydes is 1. The Bertz CT molecular complexity index is 626. The van der Waals surface area contributed by atoms with Crippen molar-refractivity contribution in [3.05, 3.63) is 36.8 Å². The molecule has 0 atom stereocenters. The number of hydrogen-bond acceptors (Lipinski definition) is 5. The smallest absolute Gasteiger partial charge is 0.550 e. The summed E-state index contributed by atoms with van der Waals surface area (Å²) < 4.78 is 5.82. The van der Waals surface area contributed by atoms with E-state index in [1.807, 2.05) is 0 Å². The van der Waals surface area contributed by atoms with Crippen molar-refractivity contribution in [1.82, 2.24) is 10.6 Å². The Morgan fingerprint density at radius 2 is 1.82 bits per heavy atom. The first kappa shape index (κ1) is 27.2. The SMILES string of the molecule is O=C1CCCC(=O)N1.[CH2-]/C(C1=C(C)C2(CCNCC2)CO1)=C(\C=O)CCl.[CH3-].[Na+]. The maximum absolute atomic E-state index is 10.9. The van der Waals surface area contributed by atoms with E-state index in [-0.39, 0.29) is 60.1 Å². The molecule has 3 aliphatic heterocycles. The van der Waals surface area contributed by atoms with Crippen LogP contribution in [-0.4, -0.2) is 43.7 Å². The van der Waals surface area contributed by atoms with E-state index in [0.29, 0.717) is 37.0 Å². The van der Waals surface area contributed by atoms with Gasteiger partial charge in [-0.15, -0.1) is 17.2 Å². The van der Waals surface area contributed by atoms with Crippen LogP contribution in [0.2, 0.25) is 0 Å². The predicted octanol–water partition coefficient (Wildman–Crippen LogP) is -0.504. The number of alkyl halides is 1. The van der Waals surface area contributed by atoms with E-state index in [4.69, 9.17) is 16.3 Å². The van der Waals surface area contributed by atoms with E-state index in [0.717, 1.165) is 38.0 Å². The fourth-order valence-electron chi connectivity index (χ4n) is 3.42. The van der Waals surface area contributed by atoms with E-state index in [1.165, 1.54) is 5.57 Å². The molecular weight excluding hydrogens is 391 g/mol. The van der Waals surface area contributed by atoms with Crippen LogP contribution in [0.5, 0.6) is 0 Å². The minimum atomic E-state index is -0.138. The molecule has 28 heavy (non-hydrogen) atoms. The molecule has 0 aromatic rings. The number of nitrogens with one attached hydrogen (secondary N) is 2. The molecule has 0 saturated carbocycles. The zero-order valence-electron chi connectivity index (χ0n) is 17.2. The largest absolute Gasteiger partial charge is 1.00 e. The number of imide groups is 1. The van der Waals surface area contributed by atoms with Crippen molar-refractivity contribution in [2.75, 3.05) is 25.6 Å². The Morgan fingerprint density at radius 1 is 1.25 bits per heavy atom. The van der Waals surface area contributed by atoms with Gasteiger partial charge < -0.3 is 22.3 Å². The predicted molar refractivity (Wildman–Crippen MR) is 106 cm³/mol. The van der Waals surface area contributed by atoms with Crippen LogP contribution in [-0.2, 0) is 19.1 Å². The molecule has 3 heterocycles. The third-order valence-electron chi connectivity index (χ3n) is 5.22. The monoisotopic (exact) mass is 419 g/mol. The van der Waals surface area contributed by atoms with Crippen LogP contribution < -0.4 is 40.2 Å². The zero-order chi connectivity index (χ0) is 19.2. The normalized spacial score (nSPS) is 21.2. The van der Waals surface area contributed by atoms with E-state index < -0.39 is 0 Å². The molecule has 0 aromatic heterocycles. The average molecular weight is 420 g/mol. The molecule has 2 fully saturated rings. The van der Waals surface area contributed by atoms with Gasteiger partial charge in [-0.1, -0.05) is 18.1 Å². The number of carbonyl (C=O) groups is 3. The second-order valence-corrected chi connectivity index (χ2v) is 7.12. The molecule has 152 valence electrons. The van der Waals surface area contributed by atoms with Crippen LogP contribution in [0, 0.1) is 19.8 Å². The minimum Gasteiger partial charge on any atom is -0.550 e. The maximum atomic E-state index is 10.9. The van der Waals surface area contributed by atoms with Gasteiger partial charge in [0.05, 0.1) is 12.9 Å². The van der Waals surface area contributed by atoms with Crippen LogP contribution in [0.3, 0.4) is 0 Å². The van der Waals surface area contributed by atoms with E-state index in [9.17, 15) is 14.4 Å². The molecule has 3 rings (SSSR count). The van der Waals surface area contributed by atoms with Crippen molar-refractivity contribution in [2.45, 2.75) is 39.0 Å². The van der Waals surface area contributed by atoms with Gasteiger partial charge in [0.15, 0.2) is 0 Å². The second kappa shape index (κ2) is 12.7. The molecule has 0 unspecified atom stereocenters. The Hall–Kier alpha value is -0.790. The number of rotatable bonds is 3. The van der Waals surface area contributed by atoms with Gasteiger partial charge in [-0.05, 0) is 32.4 Å². The molecule has 3 aliphatic rings. The second-order valence-electron chi connectivity index (χ2n) is 6.85. The minimum absolute atomic E-state index is 0. The molecule has 2 amide bonds. The van der Waals surface area contributed by atoms with Crippen LogP contribution in [0.4, 0.5) is 0 Å². The molecule has 8 heteroatoms. The molecule has 0 radical (unpaired) electrons. The van der Waals surface area contributed by atoms with Gasteiger partial charge in [-0.3, -0.25) is 14.9 Å². The Kier molecular flexibility index (Phi) is 12.3. The van der Waals surface area contributed by atoms with Gasteiger partial charge in [0, 0.05) is 29.9 Å². The van der Waals surface area contributed by atoms with Gasteiger partial charge in [0.1, 0.15) is 0 Å². The topological polar surface area (TPSA) is 84.5 Å². The summed E-state index contributed by atoms with van der Waals surface area (Å²) in [4.78, 5) is 31.6. The Balaban J connectivity index is 0.000000621. The third kappa shape index (κ3) is 6.63. The van der Waals surface area contributed by atoms with Crippen molar-refractivity contribution in [1.29, 1.82) is 0 Å². The molecule has 0 aliphatic carbocycles. The first-order valence-electron chi connectivity index (χ1n) is 8.87. The van der Waals surface area contributed by atoms with Gasteiger partial charge in [-0.25, -0.2) is 0 Å². The summed E-state index contributed by atoms with van der Waals surface area (Å²) in [6.45, 7) is 8.77. The summed E-state index contributed by atoms with van der Waals surface area (Å²) in [7, 11) is 0. The van der Waals surface area contributed by atoms with Gasteiger partial charge >= 0.3 is 29.6 Å². The first-order chi connectivity index (χ1) is 12.4. The van der Waals surface area contributed by atoms with E-state index >= 15 is 0 Å². The summed E-state index contributed by atoms with van der Waals surface area (Å²) in [5, 5.41) is 5.56. The quantitative estimate of drug-likeness (QED) is 0.161. The third-order valence-corrected chi connectivity index (χ3v) is 5.51. The van der Waals surface area contributed by atoms with Crippen LogP contribution in [0.1, 0.15) is 39.0 Å². The molecular formula is C20H29ClN2NaO4-. The van der Waals surface area contributed by atoms with E-state index in [1.54, 1.807) is 0 Å². The molecule has 2 saturated heterocycles. The van der Waals surface area contributed by atoms with Crippen LogP contribution in [0.15, 0.2) is 22.5 Å². The molecule has 2 N–H and O–H groups in total. The first-order valence-corrected chi connectivity index (χ1v) is 9.41. The molecule has 6 nitrogen and oxygen atoms in total. The summed E-state index contributed by atoms with van der Waals surface area (Å²) >= 11 is 5.75. The standard InChI is InChI=1S/C14H19ClNO2.C5H7NO2.CH3.Na/c1-10(12(7-15)8-17)13-11(2)14(9-18-13)3-5-16-6-4-14;7-4-2-1-3-5(8)6-4;;/h8,16H,1,3-7,9H2,2H3;1-3H2,(H,6,7,8);1H3;/q-1;;-1;+1/b12-10+;;;. The van der Waals surface area contributed by atoms with Crippen molar-refractivity contribution in [3.63, 3.8) is 0 Å². The maximum Gasteiger partial charge on any atom is 1.00 e. The van der Waals surface area contributed by atoms with Gasteiger partial charge in [-0.2, -0.15) is 6.92 Å². The number of hydrogen-bond donors (Lipinski definition) is 2. The van der Waals surface area contributed by atoms with Crippen molar-refractivity contribution in [2.24, 2.45) is 5.41 Å². The number of halogens is 1. The number of allylic oxidation sites excluding steroid dienone is 2.